The largest absolute Gasteiger partial charge is 0.313 e. The Kier molecular flexibility index (Phi) is 4.75. The zero-order valence-electron chi connectivity index (χ0n) is 9.96. The van der Waals surface area contributed by atoms with Crippen LogP contribution in [0.4, 0.5) is 0 Å². The molecule has 0 aromatic carbocycles. The summed E-state index contributed by atoms with van der Waals surface area (Å²) in [7, 11) is 0. The maximum atomic E-state index is 4.45. The second-order valence-corrected chi connectivity index (χ2v) is 5.55. The van der Waals surface area contributed by atoms with E-state index in [1.807, 2.05) is 0 Å². The van der Waals surface area contributed by atoms with Gasteiger partial charge in [0.25, 0.3) is 0 Å². The normalized spacial score (nSPS) is 21.9. The van der Waals surface area contributed by atoms with Crippen molar-refractivity contribution in [3.63, 3.8) is 0 Å². The monoisotopic (exact) mass is 239 g/mol. The lowest BCUT2D eigenvalue weighted by atomic mass is 10.1. The molecule has 1 aliphatic heterocycles. The van der Waals surface area contributed by atoms with Gasteiger partial charge in [-0.15, -0.1) is 11.3 Å². The Morgan fingerprint density at radius 2 is 2.44 bits per heavy atom. The summed E-state index contributed by atoms with van der Waals surface area (Å²) in [5.41, 5.74) is 1.18. The summed E-state index contributed by atoms with van der Waals surface area (Å²) < 4.78 is 0. The molecule has 2 heterocycles. The standard InChI is InChI=1S/C12H21N3S/c1-10-15-12(9-16-10)8-13-7-11-5-3-2-4-6-14-11/h9,11,13-14H,2-8H2,1H3. The first-order chi connectivity index (χ1) is 7.84. The van der Waals surface area contributed by atoms with Crippen LogP contribution in [0.5, 0.6) is 0 Å². The third kappa shape index (κ3) is 3.85. The Bertz CT molecular complexity index is 303. The number of rotatable bonds is 4. The molecule has 1 aliphatic rings. The Morgan fingerprint density at radius 3 is 3.25 bits per heavy atom. The number of thiazole rings is 1. The van der Waals surface area contributed by atoms with Crippen LogP contribution in [0.1, 0.15) is 36.4 Å². The second-order valence-electron chi connectivity index (χ2n) is 4.49. The highest BCUT2D eigenvalue weighted by molar-refractivity contribution is 7.09. The van der Waals surface area contributed by atoms with Crippen LogP contribution in [0.15, 0.2) is 5.38 Å². The van der Waals surface area contributed by atoms with E-state index < -0.39 is 0 Å². The molecule has 90 valence electrons. The molecule has 4 heteroatoms. The predicted molar refractivity (Wildman–Crippen MR) is 68.8 cm³/mol. The molecule has 1 aromatic heterocycles. The molecule has 0 bridgehead atoms. The molecule has 3 nitrogen and oxygen atoms in total. The average Bonchev–Trinajstić information content (AvgIpc) is 2.54. The van der Waals surface area contributed by atoms with Gasteiger partial charge in [-0.3, -0.25) is 0 Å². The highest BCUT2D eigenvalue weighted by atomic mass is 32.1. The average molecular weight is 239 g/mol. The summed E-state index contributed by atoms with van der Waals surface area (Å²) in [5.74, 6) is 0. The smallest absolute Gasteiger partial charge is 0.0897 e. The van der Waals surface area contributed by atoms with Crippen LogP contribution in [0.2, 0.25) is 0 Å². The van der Waals surface area contributed by atoms with Gasteiger partial charge in [-0.25, -0.2) is 4.98 Å². The third-order valence-electron chi connectivity index (χ3n) is 3.03. The van der Waals surface area contributed by atoms with E-state index in [4.69, 9.17) is 0 Å². The van der Waals surface area contributed by atoms with Gasteiger partial charge in [-0.05, 0) is 26.3 Å². The van der Waals surface area contributed by atoms with Crippen molar-refractivity contribution in [2.24, 2.45) is 0 Å². The van der Waals surface area contributed by atoms with Gasteiger partial charge >= 0.3 is 0 Å². The maximum Gasteiger partial charge on any atom is 0.0897 e. The van der Waals surface area contributed by atoms with Crippen molar-refractivity contribution in [1.82, 2.24) is 15.6 Å². The van der Waals surface area contributed by atoms with Gasteiger partial charge in [0.1, 0.15) is 0 Å². The van der Waals surface area contributed by atoms with Crippen molar-refractivity contribution in [2.45, 2.75) is 45.2 Å². The van der Waals surface area contributed by atoms with E-state index in [0.29, 0.717) is 6.04 Å². The highest BCUT2D eigenvalue weighted by Crippen LogP contribution is 2.09. The topological polar surface area (TPSA) is 37.0 Å². The number of hydrogen-bond donors (Lipinski definition) is 2. The van der Waals surface area contributed by atoms with Crippen molar-refractivity contribution >= 4 is 11.3 Å². The molecule has 0 spiro atoms. The number of nitrogens with one attached hydrogen (secondary N) is 2. The first-order valence-corrected chi connectivity index (χ1v) is 7.07. The summed E-state index contributed by atoms with van der Waals surface area (Å²) >= 11 is 1.73. The molecule has 0 amide bonds. The fraction of sp³-hybridized carbons (Fsp3) is 0.750. The molecule has 0 saturated carbocycles. The Labute approximate surface area is 102 Å². The van der Waals surface area contributed by atoms with E-state index in [0.717, 1.165) is 18.1 Å². The molecule has 1 saturated heterocycles. The minimum Gasteiger partial charge on any atom is -0.313 e. The van der Waals surface area contributed by atoms with E-state index in [1.54, 1.807) is 11.3 Å². The number of hydrogen-bond acceptors (Lipinski definition) is 4. The van der Waals surface area contributed by atoms with Crippen LogP contribution >= 0.6 is 11.3 Å². The lowest BCUT2D eigenvalue weighted by Crippen LogP contribution is -2.37. The van der Waals surface area contributed by atoms with Gasteiger partial charge in [0, 0.05) is 24.5 Å². The highest BCUT2D eigenvalue weighted by Gasteiger charge is 2.10. The molecular formula is C12H21N3S. The van der Waals surface area contributed by atoms with E-state index >= 15 is 0 Å². The predicted octanol–water partition coefficient (Wildman–Crippen LogP) is 2.07. The maximum absolute atomic E-state index is 4.45. The lowest BCUT2D eigenvalue weighted by molar-refractivity contribution is 0.469. The van der Waals surface area contributed by atoms with Gasteiger partial charge in [-0.1, -0.05) is 12.8 Å². The van der Waals surface area contributed by atoms with Crippen molar-refractivity contribution in [3.05, 3.63) is 16.1 Å². The molecule has 1 atom stereocenters. The third-order valence-corrected chi connectivity index (χ3v) is 3.85. The summed E-state index contributed by atoms with van der Waals surface area (Å²) in [6.45, 7) is 5.21. The number of aromatic nitrogens is 1. The number of aryl methyl sites for hydroxylation is 1. The first kappa shape index (κ1) is 12.0. The molecule has 1 fully saturated rings. The fourth-order valence-corrected chi connectivity index (χ4v) is 2.75. The Hall–Kier alpha value is -0.450. The second kappa shape index (κ2) is 6.33. The minimum atomic E-state index is 0.655. The van der Waals surface area contributed by atoms with E-state index in [1.165, 1.54) is 37.9 Å². The van der Waals surface area contributed by atoms with E-state index in [-0.39, 0.29) is 0 Å². The lowest BCUT2D eigenvalue weighted by Gasteiger charge is -2.15. The van der Waals surface area contributed by atoms with Crippen LogP contribution in [-0.4, -0.2) is 24.1 Å². The fourth-order valence-electron chi connectivity index (χ4n) is 2.14. The van der Waals surface area contributed by atoms with Crippen molar-refractivity contribution < 1.29 is 0 Å². The van der Waals surface area contributed by atoms with Crippen molar-refractivity contribution in [3.8, 4) is 0 Å². The molecular weight excluding hydrogens is 218 g/mol. The van der Waals surface area contributed by atoms with Gasteiger partial charge < -0.3 is 10.6 Å². The zero-order valence-corrected chi connectivity index (χ0v) is 10.8. The van der Waals surface area contributed by atoms with Gasteiger partial charge in [0.15, 0.2) is 0 Å². The van der Waals surface area contributed by atoms with Crippen molar-refractivity contribution in [2.75, 3.05) is 13.1 Å². The summed E-state index contributed by atoms with van der Waals surface area (Å²) in [6.07, 6.45) is 5.40. The molecule has 16 heavy (non-hydrogen) atoms. The Balaban J connectivity index is 1.67. The first-order valence-electron chi connectivity index (χ1n) is 6.20. The summed E-state index contributed by atoms with van der Waals surface area (Å²) in [4.78, 5) is 4.45. The molecule has 0 radical (unpaired) electrons. The molecule has 0 aliphatic carbocycles. The minimum absolute atomic E-state index is 0.655. The SMILES string of the molecule is Cc1nc(CNCC2CCCCCN2)cs1. The van der Waals surface area contributed by atoms with Crippen LogP contribution in [0.3, 0.4) is 0 Å². The summed E-state index contributed by atoms with van der Waals surface area (Å²) in [5, 5.41) is 10.4. The van der Waals surface area contributed by atoms with Crippen LogP contribution < -0.4 is 10.6 Å². The van der Waals surface area contributed by atoms with Crippen LogP contribution in [0.25, 0.3) is 0 Å². The molecule has 2 N–H and O–H groups in total. The summed E-state index contributed by atoms with van der Waals surface area (Å²) in [6, 6.07) is 0.655. The van der Waals surface area contributed by atoms with E-state index in [9.17, 15) is 0 Å². The van der Waals surface area contributed by atoms with Crippen LogP contribution in [0, 0.1) is 6.92 Å². The molecule has 1 unspecified atom stereocenters. The van der Waals surface area contributed by atoms with Gasteiger partial charge in [-0.2, -0.15) is 0 Å². The molecule has 2 rings (SSSR count). The quantitative estimate of drug-likeness (QED) is 0.844. The van der Waals surface area contributed by atoms with Crippen molar-refractivity contribution in [1.29, 1.82) is 0 Å². The van der Waals surface area contributed by atoms with E-state index in [2.05, 4.69) is 27.9 Å². The van der Waals surface area contributed by atoms with Gasteiger partial charge in [0.05, 0.1) is 10.7 Å². The van der Waals surface area contributed by atoms with Gasteiger partial charge in [0.2, 0.25) is 0 Å². The van der Waals surface area contributed by atoms with Crippen LogP contribution in [-0.2, 0) is 6.54 Å². The number of nitrogens with zero attached hydrogens (tertiary/aromatic N) is 1. The molecule has 1 aromatic rings. The zero-order chi connectivity index (χ0) is 11.2. The Morgan fingerprint density at radius 1 is 1.50 bits per heavy atom.